The van der Waals surface area contributed by atoms with E-state index in [1.165, 1.54) is 17.5 Å². The molecule has 4 nitrogen and oxygen atoms in total. The van der Waals surface area contributed by atoms with Crippen molar-refractivity contribution in [2.75, 3.05) is 5.32 Å². The molecule has 2 aromatic rings. The van der Waals surface area contributed by atoms with Gasteiger partial charge in [0, 0.05) is 11.1 Å². The Morgan fingerprint density at radius 2 is 2.11 bits per heavy atom. The highest BCUT2D eigenvalue weighted by molar-refractivity contribution is 7.03. The summed E-state index contributed by atoms with van der Waals surface area (Å²) >= 11 is 0.984. The maximum Gasteiger partial charge on any atom is 0.416 e. The molecule has 0 atom stereocenters. The normalized spacial score (nSPS) is 11.3. The third-order valence-electron chi connectivity index (χ3n) is 2.04. The van der Waals surface area contributed by atoms with Gasteiger partial charge in [-0.1, -0.05) is 10.6 Å². The number of rotatable bonds is 2. The quantitative estimate of drug-likeness (QED) is 0.915. The van der Waals surface area contributed by atoms with Crippen molar-refractivity contribution in [2.24, 2.45) is 0 Å². The highest BCUT2D eigenvalue weighted by atomic mass is 32.1. The number of hydrogen-bond donors (Lipinski definition) is 1. The fourth-order valence-electron chi connectivity index (χ4n) is 1.23. The van der Waals surface area contributed by atoms with Gasteiger partial charge in [-0.2, -0.15) is 13.2 Å². The van der Waals surface area contributed by atoms with E-state index >= 15 is 0 Å². The van der Waals surface area contributed by atoms with Gasteiger partial charge in [-0.25, -0.2) is 0 Å². The Labute approximate surface area is 104 Å². The van der Waals surface area contributed by atoms with Gasteiger partial charge in [-0.3, -0.25) is 4.79 Å². The van der Waals surface area contributed by atoms with Gasteiger partial charge in [-0.15, -0.1) is 5.10 Å². The van der Waals surface area contributed by atoms with Crippen LogP contribution in [0.5, 0.6) is 0 Å². The van der Waals surface area contributed by atoms with Crippen molar-refractivity contribution in [1.29, 1.82) is 0 Å². The average molecular weight is 273 g/mol. The molecule has 0 fully saturated rings. The molecule has 1 heterocycles. The molecular weight excluding hydrogens is 267 g/mol. The SMILES string of the molecule is O=C(Nc1cccc(C(F)(F)F)c1)c1csnn1. The van der Waals surface area contributed by atoms with Crippen molar-refractivity contribution in [3.8, 4) is 0 Å². The maximum atomic E-state index is 12.4. The van der Waals surface area contributed by atoms with E-state index in [4.69, 9.17) is 0 Å². The Morgan fingerprint density at radius 3 is 2.72 bits per heavy atom. The van der Waals surface area contributed by atoms with Crippen molar-refractivity contribution < 1.29 is 18.0 Å². The number of benzene rings is 1. The van der Waals surface area contributed by atoms with Crippen molar-refractivity contribution in [3.63, 3.8) is 0 Å². The van der Waals surface area contributed by atoms with Crippen LogP contribution in [0.3, 0.4) is 0 Å². The zero-order chi connectivity index (χ0) is 13.2. The maximum absolute atomic E-state index is 12.4. The lowest BCUT2D eigenvalue weighted by atomic mass is 10.2. The number of aromatic nitrogens is 2. The Bertz CT molecular complexity index is 554. The van der Waals surface area contributed by atoms with Crippen LogP contribution in [0.1, 0.15) is 16.1 Å². The molecule has 94 valence electrons. The molecule has 0 aliphatic heterocycles. The van der Waals surface area contributed by atoms with E-state index in [0.717, 1.165) is 23.7 Å². The second-order valence-corrected chi connectivity index (χ2v) is 3.93. The minimum Gasteiger partial charge on any atom is -0.321 e. The number of nitrogens with one attached hydrogen (secondary N) is 1. The second kappa shape index (κ2) is 4.73. The Morgan fingerprint density at radius 1 is 1.33 bits per heavy atom. The topological polar surface area (TPSA) is 54.9 Å². The molecule has 0 unspecified atom stereocenters. The third kappa shape index (κ3) is 2.83. The Hall–Kier alpha value is -1.96. The van der Waals surface area contributed by atoms with E-state index < -0.39 is 17.6 Å². The number of amides is 1. The number of carbonyl (C=O) groups is 1. The van der Waals surface area contributed by atoms with Crippen LogP contribution in [-0.4, -0.2) is 15.5 Å². The number of carbonyl (C=O) groups excluding carboxylic acids is 1. The molecule has 0 bridgehead atoms. The summed E-state index contributed by atoms with van der Waals surface area (Å²) in [6, 6.07) is 4.38. The smallest absolute Gasteiger partial charge is 0.321 e. The van der Waals surface area contributed by atoms with Crippen molar-refractivity contribution in [1.82, 2.24) is 9.59 Å². The second-order valence-electron chi connectivity index (χ2n) is 3.32. The van der Waals surface area contributed by atoms with E-state index in [9.17, 15) is 18.0 Å². The first kappa shape index (κ1) is 12.5. The monoisotopic (exact) mass is 273 g/mol. The summed E-state index contributed by atoms with van der Waals surface area (Å²) in [5, 5.41) is 7.25. The molecule has 0 aliphatic rings. The van der Waals surface area contributed by atoms with Crippen molar-refractivity contribution >= 4 is 23.1 Å². The first-order valence-corrected chi connectivity index (χ1v) is 5.56. The first-order chi connectivity index (χ1) is 8.47. The lowest BCUT2D eigenvalue weighted by molar-refractivity contribution is -0.137. The number of anilines is 1. The zero-order valence-electron chi connectivity index (χ0n) is 8.73. The van der Waals surface area contributed by atoms with Crippen molar-refractivity contribution in [2.45, 2.75) is 6.18 Å². The van der Waals surface area contributed by atoms with Gasteiger partial charge >= 0.3 is 6.18 Å². The first-order valence-electron chi connectivity index (χ1n) is 4.72. The Balaban J connectivity index is 2.18. The molecule has 1 N–H and O–H groups in total. The predicted octanol–water partition coefficient (Wildman–Crippen LogP) is 2.81. The van der Waals surface area contributed by atoms with Crippen LogP contribution < -0.4 is 5.32 Å². The van der Waals surface area contributed by atoms with Crippen LogP contribution in [-0.2, 0) is 6.18 Å². The largest absolute Gasteiger partial charge is 0.416 e. The molecule has 0 radical (unpaired) electrons. The number of nitrogens with zero attached hydrogens (tertiary/aromatic N) is 2. The van der Waals surface area contributed by atoms with E-state index in [1.807, 2.05) is 0 Å². The fourth-order valence-corrected chi connectivity index (χ4v) is 1.67. The summed E-state index contributed by atoms with van der Waals surface area (Å²) in [5.74, 6) is -0.594. The van der Waals surface area contributed by atoms with E-state index in [2.05, 4.69) is 14.9 Å². The van der Waals surface area contributed by atoms with Gasteiger partial charge < -0.3 is 5.32 Å². The molecule has 1 aromatic carbocycles. The summed E-state index contributed by atoms with van der Waals surface area (Å²) in [6.07, 6.45) is -4.44. The molecule has 0 saturated carbocycles. The highest BCUT2D eigenvalue weighted by Gasteiger charge is 2.30. The molecule has 1 aromatic heterocycles. The predicted molar refractivity (Wildman–Crippen MR) is 59.3 cm³/mol. The summed E-state index contributed by atoms with van der Waals surface area (Å²) < 4.78 is 40.8. The van der Waals surface area contributed by atoms with Gasteiger partial charge in [0.05, 0.1) is 5.56 Å². The van der Waals surface area contributed by atoms with Gasteiger partial charge in [0.1, 0.15) is 0 Å². The Kier molecular flexibility index (Phi) is 3.28. The zero-order valence-corrected chi connectivity index (χ0v) is 9.55. The van der Waals surface area contributed by atoms with E-state index in [-0.39, 0.29) is 11.4 Å². The molecule has 1 amide bonds. The number of hydrogen-bond acceptors (Lipinski definition) is 4. The summed E-state index contributed by atoms with van der Waals surface area (Å²) in [5.41, 5.74) is -0.697. The van der Waals surface area contributed by atoms with Crippen LogP contribution in [0.25, 0.3) is 0 Å². The van der Waals surface area contributed by atoms with Crippen LogP contribution in [0.4, 0.5) is 18.9 Å². The molecule has 18 heavy (non-hydrogen) atoms. The number of alkyl halides is 3. The minimum absolute atomic E-state index is 0.0582. The fraction of sp³-hybridized carbons (Fsp3) is 0.100. The van der Waals surface area contributed by atoms with Gasteiger partial charge in [0.25, 0.3) is 5.91 Å². The van der Waals surface area contributed by atoms with Gasteiger partial charge in [0.15, 0.2) is 5.69 Å². The highest BCUT2D eigenvalue weighted by Crippen LogP contribution is 2.30. The molecule has 8 heteroatoms. The van der Waals surface area contributed by atoms with Gasteiger partial charge in [-0.05, 0) is 29.7 Å². The van der Waals surface area contributed by atoms with Crippen LogP contribution >= 0.6 is 11.5 Å². The third-order valence-corrected chi connectivity index (χ3v) is 2.55. The number of halogens is 3. The molecule has 2 rings (SSSR count). The minimum atomic E-state index is -4.44. The average Bonchev–Trinajstić information content (AvgIpc) is 2.81. The van der Waals surface area contributed by atoms with Crippen LogP contribution in [0, 0.1) is 0 Å². The summed E-state index contributed by atoms with van der Waals surface area (Å²) in [4.78, 5) is 11.5. The molecular formula is C10H6F3N3OS. The lowest BCUT2D eigenvalue weighted by Gasteiger charge is -2.08. The van der Waals surface area contributed by atoms with Crippen LogP contribution in [0.15, 0.2) is 29.6 Å². The molecule has 0 saturated heterocycles. The van der Waals surface area contributed by atoms with E-state index in [0.29, 0.717) is 0 Å². The molecule has 0 aliphatic carbocycles. The standard InChI is InChI=1S/C10H6F3N3OS/c11-10(12,13)6-2-1-3-7(4-6)14-9(17)8-5-18-16-15-8/h1-5H,(H,14,17). The van der Waals surface area contributed by atoms with Crippen LogP contribution in [0.2, 0.25) is 0 Å². The van der Waals surface area contributed by atoms with E-state index in [1.54, 1.807) is 0 Å². The van der Waals surface area contributed by atoms with Gasteiger partial charge in [0.2, 0.25) is 0 Å². The van der Waals surface area contributed by atoms with Crippen molar-refractivity contribution in [3.05, 3.63) is 40.9 Å². The summed E-state index contributed by atoms with van der Waals surface area (Å²) in [6.45, 7) is 0. The lowest BCUT2D eigenvalue weighted by Crippen LogP contribution is -2.13. The molecule has 0 spiro atoms. The summed E-state index contributed by atoms with van der Waals surface area (Å²) in [7, 11) is 0.